The summed E-state index contributed by atoms with van der Waals surface area (Å²) in [4.78, 5) is 18.1. The van der Waals surface area contributed by atoms with Crippen molar-refractivity contribution >= 4 is 26.9 Å². The van der Waals surface area contributed by atoms with Gasteiger partial charge in [-0.3, -0.25) is 14.6 Å². The Morgan fingerprint density at radius 2 is 1.57 bits per heavy atom. The molecule has 0 aliphatic carbocycles. The predicted molar refractivity (Wildman–Crippen MR) is 140 cm³/mol. The van der Waals surface area contributed by atoms with E-state index in [1.807, 2.05) is 24.3 Å². The van der Waals surface area contributed by atoms with Gasteiger partial charge in [0.05, 0.1) is 15.4 Å². The summed E-state index contributed by atoms with van der Waals surface area (Å²) in [6.07, 6.45) is 0. The van der Waals surface area contributed by atoms with Crippen molar-refractivity contribution in [2.24, 2.45) is 0 Å². The van der Waals surface area contributed by atoms with Gasteiger partial charge in [-0.05, 0) is 52.7 Å². The molecule has 7 heteroatoms. The van der Waals surface area contributed by atoms with Gasteiger partial charge in [0.15, 0.2) is 0 Å². The molecule has 0 bridgehead atoms. The zero-order chi connectivity index (χ0) is 24.4. The average Bonchev–Trinajstić information content (AvgIpc) is 2.86. The van der Waals surface area contributed by atoms with Crippen molar-refractivity contribution in [2.45, 2.75) is 20.0 Å². The van der Waals surface area contributed by atoms with Crippen molar-refractivity contribution in [3.63, 3.8) is 0 Å². The first-order chi connectivity index (χ1) is 17.0. The monoisotopic (exact) mass is 534 g/mol. The number of ether oxygens (including phenoxy) is 1. The van der Waals surface area contributed by atoms with Gasteiger partial charge in [-0.25, -0.2) is 0 Å². The molecule has 5 rings (SSSR count). The minimum Gasteiger partial charge on any atom is -0.507 e. The molecule has 2 heterocycles. The SMILES string of the molecule is Cc1oc2c(CN3CCN(Cc4ccccc4)CC3)c(O)ccc2c(=O)c1Oc1ccccc1Br. The second kappa shape index (κ2) is 10.2. The van der Waals surface area contributed by atoms with Gasteiger partial charge in [0.25, 0.3) is 0 Å². The Hall–Kier alpha value is -3.13. The summed E-state index contributed by atoms with van der Waals surface area (Å²) in [7, 11) is 0. The lowest BCUT2D eigenvalue weighted by atomic mass is 10.1. The summed E-state index contributed by atoms with van der Waals surface area (Å²) >= 11 is 3.45. The molecule has 35 heavy (non-hydrogen) atoms. The normalized spacial score (nSPS) is 14.9. The van der Waals surface area contributed by atoms with Crippen molar-refractivity contribution in [3.8, 4) is 17.2 Å². The van der Waals surface area contributed by atoms with Crippen LogP contribution in [0.3, 0.4) is 0 Å². The third-order valence-electron chi connectivity index (χ3n) is 6.41. The summed E-state index contributed by atoms with van der Waals surface area (Å²) in [5.74, 6) is 1.19. The van der Waals surface area contributed by atoms with Crippen molar-refractivity contribution in [3.05, 3.63) is 98.3 Å². The largest absolute Gasteiger partial charge is 0.507 e. The summed E-state index contributed by atoms with van der Waals surface area (Å²) < 4.78 is 12.8. The summed E-state index contributed by atoms with van der Waals surface area (Å²) in [5.41, 5.74) is 2.10. The van der Waals surface area contributed by atoms with E-state index < -0.39 is 0 Å². The lowest BCUT2D eigenvalue weighted by Gasteiger charge is -2.34. The fraction of sp³-hybridized carbons (Fsp3) is 0.250. The minimum atomic E-state index is -0.256. The number of phenolic OH excluding ortho intramolecular Hbond substituents is 1. The van der Waals surface area contributed by atoms with Gasteiger partial charge < -0.3 is 14.3 Å². The first-order valence-electron chi connectivity index (χ1n) is 11.7. The number of fused-ring (bicyclic) bond motifs is 1. The number of piperazine rings is 1. The molecule has 3 aromatic carbocycles. The Balaban J connectivity index is 1.36. The van der Waals surface area contributed by atoms with Gasteiger partial charge in [0, 0.05) is 39.3 Å². The maximum absolute atomic E-state index is 13.3. The van der Waals surface area contributed by atoms with Crippen molar-refractivity contribution in [1.29, 1.82) is 0 Å². The third-order valence-corrected chi connectivity index (χ3v) is 7.06. The zero-order valence-electron chi connectivity index (χ0n) is 19.5. The fourth-order valence-electron chi connectivity index (χ4n) is 4.47. The highest BCUT2D eigenvalue weighted by molar-refractivity contribution is 9.10. The number of hydrogen-bond donors (Lipinski definition) is 1. The van der Waals surface area contributed by atoms with E-state index in [1.165, 1.54) is 5.56 Å². The molecule has 0 saturated carbocycles. The molecule has 6 nitrogen and oxygen atoms in total. The number of phenols is 1. The van der Waals surface area contributed by atoms with Gasteiger partial charge in [-0.15, -0.1) is 0 Å². The zero-order valence-corrected chi connectivity index (χ0v) is 21.1. The van der Waals surface area contributed by atoms with Crippen LogP contribution in [0.5, 0.6) is 17.2 Å². The number of rotatable bonds is 6. The first kappa shape index (κ1) is 23.6. The highest BCUT2D eigenvalue weighted by Gasteiger charge is 2.23. The Bertz CT molecular complexity index is 1400. The van der Waals surface area contributed by atoms with Crippen LogP contribution in [0, 0.1) is 6.92 Å². The molecule has 1 fully saturated rings. The highest BCUT2D eigenvalue weighted by Crippen LogP contribution is 2.34. The molecule has 0 unspecified atom stereocenters. The molecule has 0 amide bonds. The van der Waals surface area contributed by atoms with Gasteiger partial charge in [-0.1, -0.05) is 42.5 Å². The molecule has 1 aliphatic heterocycles. The second-order valence-electron chi connectivity index (χ2n) is 8.83. The van der Waals surface area contributed by atoms with Crippen molar-refractivity contribution < 1.29 is 14.3 Å². The van der Waals surface area contributed by atoms with Crippen molar-refractivity contribution in [1.82, 2.24) is 9.80 Å². The highest BCUT2D eigenvalue weighted by atomic mass is 79.9. The van der Waals surface area contributed by atoms with Crippen molar-refractivity contribution in [2.75, 3.05) is 26.2 Å². The van der Waals surface area contributed by atoms with Crippen LogP contribution < -0.4 is 10.2 Å². The van der Waals surface area contributed by atoms with Gasteiger partial charge >= 0.3 is 0 Å². The molecule has 0 spiro atoms. The topological polar surface area (TPSA) is 66.2 Å². The summed E-state index contributed by atoms with van der Waals surface area (Å²) in [6.45, 7) is 6.77. The van der Waals surface area contributed by atoms with Gasteiger partial charge in [0.2, 0.25) is 11.2 Å². The summed E-state index contributed by atoms with van der Waals surface area (Å²) in [5, 5.41) is 11.1. The predicted octanol–water partition coefficient (Wildman–Crippen LogP) is 5.68. The molecule has 1 N–H and O–H groups in total. The molecule has 1 aliphatic rings. The molecule has 1 saturated heterocycles. The number of nitrogens with zero attached hydrogens (tertiary/aromatic N) is 2. The Morgan fingerprint density at radius 1 is 0.914 bits per heavy atom. The van der Waals surface area contributed by atoms with E-state index in [-0.39, 0.29) is 16.9 Å². The number of hydrogen-bond acceptors (Lipinski definition) is 6. The molecule has 180 valence electrons. The number of aromatic hydroxyl groups is 1. The molecular weight excluding hydrogens is 508 g/mol. The third kappa shape index (κ3) is 5.12. The number of halogens is 1. The number of aryl methyl sites for hydroxylation is 1. The maximum Gasteiger partial charge on any atom is 0.235 e. The van der Waals surface area contributed by atoms with E-state index in [0.29, 0.717) is 34.6 Å². The standard InChI is InChI=1S/C28H27BrN2O4/c1-19-27(35-25-10-6-5-9-23(25)29)26(33)21-11-12-24(32)22(28(21)34-19)18-31-15-13-30(14-16-31)17-20-7-3-2-4-8-20/h2-12,32H,13-18H2,1H3. The molecule has 0 radical (unpaired) electrons. The van der Waals surface area contributed by atoms with Crippen LogP contribution in [-0.2, 0) is 13.1 Å². The lowest BCUT2D eigenvalue weighted by Crippen LogP contribution is -2.45. The van der Waals surface area contributed by atoms with Crippen LogP contribution in [0.1, 0.15) is 16.9 Å². The molecular formula is C28H27BrN2O4. The quantitative estimate of drug-likeness (QED) is 0.343. The van der Waals surface area contributed by atoms with Crippen LogP contribution in [0.2, 0.25) is 0 Å². The molecule has 4 aromatic rings. The van der Waals surface area contributed by atoms with Gasteiger partial charge in [0.1, 0.15) is 22.8 Å². The number of para-hydroxylation sites is 1. The van der Waals surface area contributed by atoms with E-state index in [1.54, 1.807) is 25.1 Å². The Morgan fingerprint density at radius 3 is 2.29 bits per heavy atom. The van der Waals surface area contributed by atoms with Crippen LogP contribution in [0.25, 0.3) is 11.0 Å². The second-order valence-corrected chi connectivity index (χ2v) is 9.68. The van der Waals surface area contributed by atoms with E-state index in [0.717, 1.165) is 37.2 Å². The van der Waals surface area contributed by atoms with Crippen LogP contribution in [-0.4, -0.2) is 41.1 Å². The first-order valence-corrected chi connectivity index (χ1v) is 12.5. The smallest absolute Gasteiger partial charge is 0.235 e. The van der Waals surface area contributed by atoms with E-state index >= 15 is 0 Å². The van der Waals surface area contributed by atoms with E-state index in [9.17, 15) is 9.90 Å². The van der Waals surface area contributed by atoms with E-state index in [2.05, 4.69) is 50.0 Å². The van der Waals surface area contributed by atoms with Crippen LogP contribution in [0.15, 0.2) is 80.4 Å². The Labute approximate surface area is 212 Å². The minimum absolute atomic E-state index is 0.131. The summed E-state index contributed by atoms with van der Waals surface area (Å²) in [6, 6.07) is 21.0. The Kier molecular flexibility index (Phi) is 6.90. The molecule has 1 aromatic heterocycles. The average molecular weight is 535 g/mol. The lowest BCUT2D eigenvalue weighted by molar-refractivity contribution is 0.121. The fourth-order valence-corrected chi connectivity index (χ4v) is 4.84. The van der Waals surface area contributed by atoms with Crippen LogP contribution in [0.4, 0.5) is 0 Å². The number of benzene rings is 3. The van der Waals surface area contributed by atoms with Gasteiger partial charge in [-0.2, -0.15) is 0 Å². The van der Waals surface area contributed by atoms with E-state index in [4.69, 9.17) is 9.15 Å². The van der Waals surface area contributed by atoms with Crippen LogP contribution >= 0.6 is 15.9 Å². The maximum atomic E-state index is 13.3. The molecule has 0 atom stereocenters.